The van der Waals surface area contributed by atoms with Gasteiger partial charge in [-0.2, -0.15) is 0 Å². The predicted octanol–water partition coefficient (Wildman–Crippen LogP) is 2.35. The summed E-state index contributed by atoms with van der Waals surface area (Å²) in [5, 5.41) is 9.54. The Morgan fingerprint density at radius 2 is 2.12 bits per heavy atom. The van der Waals surface area contributed by atoms with Crippen LogP contribution in [0.15, 0.2) is 22.7 Å². The Kier molecular flexibility index (Phi) is 4.37. The molecule has 4 nitrogen and oxygen atoms in total. The van der Waals surface area contributed by atoms with Crippen LogP contribution in [0, 0.1) is 0 Å². The van der Waals surface area contributed by atoms with E-state index < -0.39 is 5.97 Å². The highest BCUT2D eigenvalue weighted by molar-refractivity contribution is 9.10. The van der Waals surface area contributed by atoms with Crippen LogP contribution in [-0.2, 0) is 9.53 Å². The number of carbonyl (C=O) groups excluding carboxylic acids is 1. The van der Waals surface area contributed by atoms with Gasteiger partial charge in [-0.05, 0) is 23.8 Å². The van der Waals surface area contributed by atoms with Crippen LogP contribution in [0.3, 0.4) is 0 Å². The minimum absolute atomic E-state index is 0.00946. The molecular weight excluding hydrogens is 276 g/mol. The summed E-state index contributed by atoms with van der Waals surface area (Å²) in [5.41, 5.74) is 0.656. The zero-order valence-electron chi connectivity index (χ0n) is 8.86. The molecule has 0 atom stereocenters. The van der Waals surface area contributed by atoms with Gasteiger partial charge in [0.05, 0.1) is 14.2 Å². The molecule has 0 fully saturated rings. The second-order valence-corrected chi connectivity index (χ2v) is 3.76. The van der Waals surface area contributed by atoms with Gasteiger partial charge in [-0.1, -0.05) is 15.9 Å². The molecule has 0 heterocycles. The third kappa shape index (κ3) is 3.00. The number of rotatable bonds is 3. The van der Waals surface area contributed by atoms with Crippen LogP contribution in [-0.4, -0.2) is 25.3 Å². The van der Waals surface area contributed by atoms with Crippen LogP contribution in [0.4, 0.5) is 0 Å². The molecule has 0 aromatic heterocycles. The van der Waals surface area contributed by atoms with Crippen LogP contribution < -0.4 is 4.74 Å². The van der Waals surface area contributed by atoms with Crippen molar-refractivity contribution in [1.82, 2.24) is 0 Å². The van der Waals surface area contributed by atoms with Crippen molar-refractivity contribution in [2.45, 2.75) is 0 Å². The minimum atomic E-state index is -0.456. The Balaban J connectivity index is 3.02. The molecule has 0 spiro atoms. The molecule has 0 aliphatic rings. The molecule has 1 rings (SSSR count). The van der Waals surface area contributed by atoms with Crippen molar-refractivity contribution in [2.75, 3.05) is 14.2 Å². The number of phenolic OH excluding ortho intramolecular Hbond substituents is 1. The SMILES string of the molecule is COC(=O)C=Cc1cc(O)c(OC)cc1Br. The molecule has 16 heavy (non-hydrogen) atoms. The van der Waals surface area contributed by atoms with Crippen molar-refractivity contribution in [3.8, 4) is 11.5 Å². The van der Waals surface area contributed by atoms with Gasteiger partial charge in [0, 0.05) is 10.5 Å². The molecule has 0 saturated heterocycles. The number of ether oxygens (including phenoxy) is 2. The van der Waals surface area contributed by atoms with Gasteiger partial charge in [-0.3, -0.25) is 0 Å². The maximum atomic E-state index is 10.9. The molecule has 0 bridgehead atoms. The first-order chi connectivity index (χ1) is 7.58. The van der Waals surface area contributed by atoms with Crippen molar-refractivity contribution in [3.05, 3.63) is 28.2 Å². The maximum absolute atomic E-state index is 10.9. The fraction of sp³-hybridized carbons (Fsp3) is 0.182. The van der Waals surface area contributed by atoms with Crippen LogP contribution >= 0.6 is 15.9 Å². The number of aromatic hydroxyl groups is 1. The van der Waals surface area contributed by atoms with E-state index >= 15 is 0 Å². The van der Waals surface area contributed by atoms with Crippen LogP contribution in [0.25, 0.3) is 6.08 Å². The summed E-state index contributed by atoms with van der Waals surface area (Å²) in [6.07, 6.45) is 2.81. The maximum Gasteiger partial charge on any atom is 0.330 e. The Morgan fingerprint density at radius 3 is 2.69 bits per heavy atom. The predicted molar refractivity (Wildman–Crippen MR) is 63.4 cm³/mol. The normalized spacial score (nSPS) is 10.4. The van der Waals surface area contributed by atoms with E-state index in [9.17, 15) is 9.90 Å². The zero-order chi connectivity index (χ0) is 12.1. The number of benzene rings is 1. The summed E-state index contributed by atoms with van der Waals surface area (Å²) in [6.45, 7) is 0. The number of methoxy groups -OCH3 is 2. The lowest BCUT2D eigenvalue weighted by molar-refractivity contribution is -0.134. The van der Waals surface area contributed by atoms with Gasteiger partial charge in [0.1, 0.15) is 0 Å². The molecule has 0 saturated carbocycles. The molecule has 0 radical (unpaired) electrons. The lowest BCUT2D eigenvalue weighted by Gasteiger charge is -2.06. The van der Waals surface area contributed by atoms with Gasteiger partial charge in [-0.15, -0.1) is 0 Å². The van der Waals surface area contributed by atoms with Crippen molar-refractivity contribution in [3.63, 3.8) is 0 Å². The lowest BCUT2D eigenvalue weighted by Crippen LogP contribution is -1.93. The average Bonchev–Trinajstić information content (AvgIpc) is 2.29. The van der Waals surface area contributed by atoms with E-state index in [0.29, 0.717) is 15.8 Å². The summed E-state index contributed by atoms with van der Waals surface area (Å²) in [7, 11) is 2.76. The van der Waals surface area contributed by atoms with Crippen LogP contribution in [0.5, 0.6) is 11.5 Å². The largest absolute Gasteiger partial charge is 0.504 e. The first-order valence-electron chi connectivity index (χ1n) is 4.41. The van der Waals surface area contributed by atoms with Gasteiger partial charge in [0.25, 0.3) is 0 Å². The highest BCUT2D eigenvalue weighted by atomic mass is 79.9. The highest BCUT2D eigenvalue weighted by Gasteiger charge is 2.06. The summed E-state index contributed by atoms with van der Waals surface area (Å²) in [4.78, 5) is 10.9. The molecule has 0 unspecified atom stereocenters. The number of hydrogen-bond donors (Lipinski definition) is 1. The van der Waals surface area contributed by atoms with Crippen molar-refractivity contribution in [1.29, 1.82) is 0 Å². The van der Waals surface area contributed by atoms with E-state index in [-0.39, 0.29) is 5.75 Å². The van der Waals surface area contributed by atoms with E-state index in [4.69, 9.17) is 4.74 Å². The summed E-state index contributed by atoms with van der Waals surface area (Å²) >= 11 is 3.30. The second kappa shape index (κ2) is 5.55. The first-order valence-corrected chi connectivity index (χ1v) is 5.20. The van der Waals surface area contributed by atoms with E-state index in [1.165, 1.54) is 32.4 Å². The van der Waals surface area contributed by atoms with E-state index in [2.05, 4.69) is 20.7 Å². The molecule has 0 amide bonds. The molecule has 5 heteroatoms. The quantitative estimate of drug-likeness (QED) is 0.685. The average molecular weight is 287 g/mol. The monoisotopic (exact) mass is 286 g/mol. The van der Waals surface area contributed by atoms with Crippen molar-refractivity contribution in [2.24, 2.45) is 0 Å². The molecule has 1 aromatic carbocycles. The van der Waals surface area contributed by atoms with Crippen LogP contribution in [0.1, 0.15) is 5.56 Å². The van der Waals surface area contributed by atoms with Crippen molar-refractivity contribution < 1.29 is 19.4 Å². The van der Waals surface area contributed by atoms with Gasteiger partial charge >= 0.3 is 5.97 Å². The van der Waals surface area contributed by atoms with Gasteiger partial charge < -0.3 is 14.6 Å². The second-order valence-electron chi connectivity index (χ2n) is 2.90. The Bertz CT molecular complexity index is 426. The van der Waals surface area contributed by atoms with Gasteiger partial charge in [0.15, 0.2) is 11.5 Å². The minimum Gasteiger partial charge on any atom is -0.504 e. The highest BCUT2D eigenvalue weighted by Crippen LogP contribution is 2.32. The van der Waals surface area contributed by atoms with E-state index in [1.807, 2.05) is 0 Å². The Morgan fingerprint density at radius 1 is 1.44 bits per heavy atom. The van der Waals surface area contributed by atoms with Crippen LogP contribution in [0.2, 0.25) is 0 Å². The standard InChI is InChI=1S/C11H11BrO4/c1-15-10-6-8(12)7(5-9(10)13)3-4-11(14)16-2/h3-6,13H,1-2H3. The first kappa shape index (κ1) is 12.6. The molecule has 1 aromatic rings. The van der Waals surface area contributed by atoms with Gasteiger partial charge in [-0.25, -0.2) is 4.79 Å². The summed E-state index contributed by atoms with van der Waals surface area (Å²) in [5.74, 6) is -0.0838. The number of halogens is 1. The molecule has 0 aliphatic carbocycles. The molecule has 1 N–H and O–H groups in total. The van der Waals surface area contributed by atoms with E-state index in [0.717, 1.165) is 0 Å². The fourth-order valence-corrected chi connectivity index (χ4v) is 1.53. The third-order valence-corrected chi connectivity index (χ3v) is 2.59. The fourth-order valence-electron chi connectivity index (χ4n) is 1.08. The molecule has 0 aliphatic heterocycles. The Hall–Kier alpha value is -1.49. The summed E-state index contributed by atoms with van der Waals surface area (Å²) < 4.78 is 10.1. The number of carbonyl (C=O) groups is 1. The summed E-state index contributed by atoms with van der Waals surface area (Å²) in [6, 6.07) is 3.11. The number of hydrogen-bond acceptors (Lipinski definition) is 4. The Labute approximate surface area is 102 Å². The van der Waals surface area contributed by atoms with E-state index in [1.54, 1.807) is 6.07 Å². The zero-order valence-corrected chi connectivity index (χ0v) is 10.4. The van der Waals surface area contributed by atoms with Crippen molar-refractivity contribution >= 4 is 28.0 Å². The molecular formula is C11H11BrO4. The van der Waals surface area contributed by atoms with Gasteiger partial charge in [0.2, 0.25) is 0 Å². The topological polar surface area (TPSA) is 55.8 Å². The third-order valence-electron chi connectivity index (χ3n) is 1.90. The molecule has 86 valence electrons. The smallest absolute Gasteiger partial charge is 0.330 e. The lowest BCUT2D eigenvalue weighted by atomic mass is 10.2. The number of phenols is 1. The number of esters is 1.